The van der Waals surface area contributed by atoms with Gasteiger partial charge in [0.25, 0.3) is 5.91 Å². The zero-order chi connectivity index (χ0) is 18.0. The van der Waals surface area contributed by atoms with Crippen molar-refractivity contribution >= 4 is 38.7 Å². The van der Waals surface area contributed by atoms with Crippen molar-refractivity contribution in [1.29, 1.82) is 0 Å². The summed E-state index contributed by atoms with van der Waals surface area (Å²) in [6.45, 7) is 0. The summed E-state index contributed by atoms with van der Waals surface area (Å²) in [4.78, 5) is 27.0. The molecule has 3 aromatic rings. The predicted molar refractivity (Wildman–Crippen MR) is 95.0 cm³/mol. The van der Waals surface area contributed by atoms with Crippen LogP contribution in [0.1, 0.15) is 15.9 Å². The van der Waals surface area contributed by atoms with Crippen molar-refractivity contribution in [2.75, 3.05) is 0 Å². The summed E-state index contributed by atoms with van der Waals surface area (Å²) in [5.41, 5.74) is 1.42. The molecule has 1 atom stereocenters. The second-order valence-corrected chi connectivity index (χ2v) is 6.38. The summed E-state index contributed by atoms with van der Waals surface area (Å²) in [5.74, 6) is -2.69. The largest absolute Gasteiger partial charge is 0.480 e. The van der Waals surface area contributed by atoms with Crippen LogP contribution in [0.15, 0.2) is 53.1 Å². The number of carboxylic acids is 1. The van der Waals surface area contributed by atoms with E-state index in [4.69, 9.17) is 0 Å². The topological polar surface area (TPSA) is 82.2 Å². The third kappa shape index (κ3) is 3.56. The molecule has 0 saturated carbocycles. The number of hydrogen-bond acceptors (Lipinski definition) is 2. The summed E-state index contributed by atoms with van der Waals surface area (Å²) < 4.78 is 14.2. The maximum absolute atomic E-state index is 13.9. The van der Waals surface area contributed by atoms with E-state index in [9.17, 15) is 19.1 Å². The highest BCUT2D eigenvalue weighted by molar-refractivity contribution is 9.10. The number of rotatable bonds is 5. The first-order valence-corrected chi connectivity index (χ1v) is 8.29. The fourth-order valence-electron chi connectivity index (χ4n) is 2.67. The van der Waals surface area contributed by atoms with Gasteiger partial charge in [0.05, 0.1) is 5.56 Å². The van der Waals surface area contributed by atoms with E-state index in [0.29, 0.717) is 0 Å². The number of carbonyl (C=O) groups excluding carboxylic acids is 1. The molecule has 0 spiro atoms. The number of hydrogen-bond donors (Lipinski definition) is 3. The molecule has 0 radical (unpaired) electrons. The zero-order valence-corrected chi connectivity index (χ0v) is 14.5. The Morgan fingerprint density at radius 2 is 1.96 bits per heavy atom. The van der Waals surface area contributed by atoms with Crippen LogP contribution in [0, 0.1) is 5.82 Å². The summed E-state index contributed by atoms with van der Waals surface area (Å²) >= 11 is 3.11. The minimum Gasteiger partial charge on any atom is -0.480 e. The first kappa shape index (κ1) is 17.2. The lowest BCUT2D eigenvalue weighted by molar-refractivity contribution is -0.139. The standard InChI is InChI=1S/C18H14BrFN2O3/c19-12-5-3-6-13(20)16(12)17(23)22-15(18(24)25)8-10-9-21-14-7-2-1-4-11(10)14/h1-7,9,15,21H,8H2,(H,22,23)(H,24,25)/t15-/m0/s1. The lowest BCUT2D eigenvalue weighted by Gasteiger charge is -2.15. The summed E-state index contributed by atoms with van der Waals surface area (Å²) in [5, 5.41) is 12.7. The van der Waals surface area contributed by atoms with Crippen molar-refractivity contribution in [3.63, 3.8) is 0 Å². The number of aromatic amines is 1. The van der Waals surface area contributed by atoms with Crippen molar-refractivity contribution in [2.45, 2.75) is 12.5 Å². The van der Waals surface area contributed by atoms with Crippen molar-refractivity contribution in [3.05, 3.63) is 70.1 Å². The van der Waals surface area contributed by atoms with Crippen molar-refractivity contribution in [3.8, 4) is 0 Å². The molecule has 1 aromatic heterocycles. The molecular weight excluding hydrogens is 391 g/mol. The Morgan fingerprint density at radius 1 is 1.20 bits per heavy atom. The van der Waals surface area contributed by atoms with Crippen LogP contribution < -0.4 is 5.32 Å². The van der Waals surface area contributed by atoms with Crippen molar-refractivity contribution < 1.29 is 19.1 Å². The maximum Gasteiger partial charge on any atom is 0.326 e. The number of carboxylic acid groups (broad SMARTS) is 1. The van der Waals surface area contributed by atoms with Crippen LogP contribution in [0.25, 0.3) is 10.9 Å². The van der Waals surface area contributed by atoms with Gasteiger partial charge in [0.2, 0.25) is 0 Å². The number of benzene rings is 2. The van der Waals surface area contributed by atoms with Crippen molar-refractivity contribution in [1.82, 2.24) is 10.3 Å². The molecule has 1 heterocycles. The lowest BCUT2D eigenvalue weighted by Crippen LogP contribution is -2.42. The maximum atomic E-state index is 13.9. The molecule has 128 valence electrons. The molecule has 0 aliphatic rings. The van der Waals surface area contributed by atoms with Gasteiger partial charge in [-0.2, -0.15) is 0 Å². The molecule has 25 heavy (non-hydrogen) atoms. The van der Waals surface area contributed by atoms with Crippen LogP contribution in [-0.2, 0) is 11.2 Å². The fourth-order valence-corrected chi connectivity index (χ4v) is 3.19. The molecule has 3 rings (SSSR count). The van der Waals surface area contributed by atoms with Crippen LogP contribution in [-0.4, -0.2) is 28.0 Å². The van der Waals surface area contributed by atoms with Gasteiger partial charge in [-0.1, -0.05) is 24.3 Å². The van der Waals surface area contributed by atoms with Crippen LogP contribution in [0.2, 0.25) is 0 Å². The molecule has 0 aliphatic carbocycles. The van der Waals surface area contributed by atoms with Gasteiger partial charge in [0, 0.05) is 28.0 Å². The van der Waals surface area contributed by atoms with Gasteiger partial charge in [0.15, 0.2) is 0 Å². The number of nitrogens with one attached hydrogen (secondary N) is 2. The highest BCUT2D eigenvalue weighted by Gasteiger charge is 2.25. The van der Waals surface area contributed by atoms with Crippen LogP contribution in [0.4, 0.5) is 4.39 Å². The zero-order valence-electron chi connectivity index (χ0n) is 12.9. The molecule has 0 aliphatic heterocycles. The average Bonchev–Trinajstić information content (AvgIpc) is 2.97. The number of para-hydroxylation sites is 1. The molecule has 7 heteroatoms. The second-order valence-electron chi connectivity index (χ2n) is 5.52. The van der Waals surface area contributed by atoms with E-state index in [2.05, 4.69) is 26.2 Å². The van der Waals surface area contributed by atoms with Crippen LogP contribution >= 0.6 is 15.9 Å². The Labute approximate surface area is 151 Å². The number of carbonyl (C=O) groups is 2. The van der Waals surface area contributed by atoms with E-state index in [1.165, 1.54) is 12.1 Å². The molecule has 1 amide bonds. The highest BCUT2D eigenvalue weighted by Crippen LogP contribution is 2.21. The number of aromatic nitrogens is 1. The minimum absolute atomic E-state index is 0.0805. The van der Waals surface area contributed by atoms with Gasteiger partial charge < -0.3 is 15.4 Å². The number of fused-ring (bicyclic) bond motifs is 1. The first-order chi connectivity index (χ1) is 12.0. The van der Waals surface area contributed by atoms with E-state index in [0.717, 1.165) is 22.5 Å². The quantitative estimate of drug-likeness (QED) is 0.608. The number of amides is 1. The monoisotopic (exact) mass is 404 g/mol. The molecule has 3 N–H and O–H groups in total. The Balaban J connectivity index is 1.85. The summed E-state index contributed by atoms with van der Waals surface area (Å²) in [6.07, 6.45) is 1.79. The summed E-state index contributed by atoms with van der Waals surface area (Å²) in [7, 11) is 0. The Bertz CT molecular complexity index is 934. The molecule has 0 saturated heterocycles. The molecule has 5 nitrogen and oxygen atoms in total. The van der Waals surface area contributed by atoms with Crippen LogP contribution in [0.5, 0.6) is 0 Å². The Morgan fingerprint density at radius 3 is 2.68 bits per heavy atom. The number of halogens is 2. The fraction of sp³-hybridized carbons (Fsp3) is 0.111. The molecule has 0 bridgehead atoms. The molecular formula is C18H14BrFN2O3. The summed E-state index contributed by atoms with van der Waals surface area (Å²) in [6, 6.07) is 10.4. The first-order valence-electron chi connectivity index (χ1n) is 7.50. The van der Waals surface area contributed by atoms with E-state index in [-0.39, 0.29) is 16.5 Å². The third-order valence-electron chi connectivity index (χ3n) is 3.89. The third-order valence-corrected chi connectivity index (χ3v) is 4.55. The highest BCUT2D eigenvalue weighted by atomic mass is 79.9. The van der Waals surface area contributed by atoms with Gasteiger partial charge in [-0.05, 0) is 39.7 Å². The minimum atomic E-state index is -1.19. The van der Waals surface area contributed by atoms with Crippen molar-refractivity contribution in [2.24, 2.45) is 0 Å². The number of aliphatic carboxylic acids is 1. The molecule has 0 unspecified atom stereocenters. The second kappa shape index (κ2) is 7.06. The van der Waals surface area contributed by atoms with E-state index >= 15 is 0 Å². The van der Waals surface area contributed by atoms with Gasteiger partial charge in [-0.15, -0.1) is 0 Å². The predicted octanol–water partition coefficient (Wildman–Crippen LogP) is 3.50. The van der Waals surface area contributed by atoms with Gasteiger partial charge >= 0.3 is 5.97 Å². The van der Waals surface area contributed by atoms with E-state index in [1.54, 1.807) is 6.20 Å². The average molecular weight is 405 g/mol. The molecule has 0 fully saturated rings. The SMILES string of the molecule is O=C(N[C@@H](Cc1c[nH]c2ccccc12)C(=O)O)c1c(F)cccc1Br. The Kier molecular flexibility index (Phi) is 4.85. The van der Waals surface area contributed by atoms with E-state index < -0.39 is 23.7 Å². The van der Waals surface area contributed by atoms with E-state index in [1.807, 2.05) is 24.3 Å². The van der Waals surface area contributed by atoms with Gasteiger partial charge in [-0.3, -0.25) is 4.79 Å². The molecule has 2 aromatic carbocycles. The van der Waals surface area contributed by atoms with Crippen LogP contribution in [0.3, 0.4) is 0 Å². The lowest BCUT2D eigenvalue weighted by atomic mass is 10.0. The normalized spacial score (nSPS) is 12.1. The number of H-pyrrole nitrogens is 1. The smallest absolute Gasteiger partial charge is 0.326 e. The van der Waals surface area contributed by atoms with Gasteiger partial charge in [0.1, 0.15) is 11.9 Å². The van der Waals surface area contributed by atoms with Gasteiger partial charge in [-0.25, -0.2) is 9.18 Å². The Hall–Kier alpha value is -2.67.